The Kier molecular flexibility index (Phi) is 7.42. The number of para-hydroxylation sites is 2. The van der Waals surface area contributed by atoms with Crippen molar-refractivity contribution in [3.63, 3.8) is 0 Å². The maximum atomic E-state index is 13.3. The van der Waals surface area contributed by atoms with E-state index in [1.807, 2.05) is 18.2 Å². The van der Waals surface area contributed by atoms with Gasteiger partial charge in [-0.2, -0.15) is 0 Å². The third kappa shape index (κ3) is 4.50. The van der Waals surface area contributed by atoms with Crippen molar-refractivity contribution < 1.29 is 61.3 Å². The van der Waals surface area contributed by atoms with E-state index in [1.165, 1.54) is 51.4 Å². The summed E-state index contributed by atoms with van der Waals surface area (Å²) in [4.78, 5) is 31.9. The van der Waals surface area contributed by atoms with Gasteiger partial charge in [-0.05, 0) is 87.7 Å². The Bertz CT molecular complexity index is 1100. The summed E-state index contributed by atoms with van der Waals surface area (Å²) in [6, 6.07) is 9.07. The number of hydrogen-bond acceptors (Lipinski definition) is 5. The Hall–Kier alpha value is -0.574. The smallest absolute Gasteiger partial charge is 0.543 e. The van der Waals surface area contributed by atoms with Crippen LogP contribution in [0, 0.1) is 17.8 Å². The van der Waals surface area contributed by atoms with Crippen LogP contribution in [0.15, 0.2) is 29.1 Å². The van der Waals surface area contributed by atoms with Gasteiger partial charge in [0, 0.05) is 24.2 Å². The summed E-state index contributed by atoms with van der Waals surface area (Å²) in [5.41, 5.74) is 0.324. The van der Waals surface area contributed by atoms with E-state index in [4.69, 9.17) is 0 Å². The van der Waals surface area contributed by atoms with E-state index in [1.54, 1.807) is 10.6 Å². The van der Waals surface area contributed by atoms with Gasteiger partial charge in [0.1, 0.15) is 0 Å². The molecule has 4 aliphatic rings. The number of carbonyl (C=O) groups is 1. The number of benzene rings is 1. The number of rotatable bonds is 3. The molecule has 2 aliphatic heterocycles. The second-order valence-electron chi connectivity index (χ2n) is 11.4. The van der Waals surface area contributed by atoms with Gasteiger partial charge < -0.3 is 14.5 Å². The third-order valence-corrected chi connectivity index (χ3v) is 9.13. The number of nitrogens with zero attached hydrogens (tertiary/aromatic N) is 3. The van der Waals surface area contributed by atoms with Gasteiger partial charge in [-0.3, -0.25) is 9.69 Å². The average molecular weight is 488 g/mol. The summed E-state index contributed by atoms with van der Waals surface area (Å²) in [5.74, 6) is 1.16. The number of carboxylic acid groups (broad SMARTS) is 1. The van der Waals surface area contributed by atoms with Gasteiger partial charge in [-0.1, -0.05) is 25.5 Å². The molecule has 4 atom stereocenters. The minimum absolute atomic E-state index is 0. The first-order chi connectivity index (χ1) is 16.0. The summed E-state index contributed by atoms with van der Waals surface area (Å²) in [6.45, 7) is 2.43. The van der Waals surface area contributed by atoms with Gasteiger partial charge in [-0.15, -0.1) is 0 Å². The molecule has 2 aromatic rings. The molecule has 1 aromatic carbocycles. The number of hydrogen-bond donors (Lipinski definition) is 0. The van der Waals surface area contributed by atoms with E-state index in [0.717, 1.165) is 36.1 Å². The summed E-state index contributed by atoms with van der Waals surface area (Å²) >= 11 is 0. The zero-order valence-electron chi connectivity index (χ0n) is 20.5. The van der Waals surface area contributed by atoms with Crippen LogP contribution in [-0.2, 0) is 0 Å². The minimum atomic E-state index is -1.49. The van der Waals surface area contributed by atoms with Gasteiger partial charge in [0.25, 0.3) is 5.56 Å². The van der Waals surface area contributed by atoms with E-state index in [9.17, 15) is 14.7 Å². The molecular formula is C27H34KN3O3. The molecule has 0 N–H and O–H groups in total. The first-order valence-electron chi connectivity index (χ1n) is 13.0. The van der Waals surface area contributed by atoms with E-state index in [0.29, 0.717) is 23.6 Å². The van der Waals surface area contributed by atoms with Gasteiger partial charge in [0.15, 0.2) is 5.69 Å². The fourth-order valence-corrected chi connectivity index (χ4v) is 8.24. The molecule has 7 heteroatoms. The van der Waals surface area contributed by atoms with Crippen LogP contribution in [0.3, 0.4) is 0 Å². The molecule has 0 radical (unpaired) electrons. The second-order valence-corrected chi connectivity index (χ2v) is 11.4. The Morgan fingerprint density at radius 2 is 1.56 bits per heavy atom. The van der Waals surface area contributed by atoms with Gasteiger partial charge in [0.05, 0.1) is 17.0 Å². The second kappa shape index (κ2) is 10.1. The molecule has 34 heavy (non-hydrogen) atoms. The number of fused-ring (bicyclic) bond motifs is 5. The maximum absolute atomic E-state index is 13.3. The molecule has 2 saturated carbocycles. The van der Waals surface area contributed by atoms with Crippen LogP contribution >= 0.6 is 0 Å². The first kappa shape index (κ1) is 25.1. The molecule has 6 nitrogen and oxygen atoms in total. The Balaban J connectivity index is 0.00000241. The molecule has 2 aliphatic carbocycles. The van der Waals surface area contributed by atoms with Crippen LogP contribution in [-0.4, -0.2) is 38.5 Å². The third-order valence-electron chi connectivity index (χ3n) is 9.13. The number of carboxylic acids is 1. The molecule has 2 saturated heterocycles. The first-order valence-corrected chi connectivity index (χ1v) is 13.0. The maximum Gasteiger partial charge on any atom is 1.00 e. The molecule has 3 heterocycles. The summed E-state index contributed by atoms with van der Waals surface area (Å²) < 4.78 is 1.74. The van der Waals surface area contributed by atoms with Crippen molar-refractivity contribution in [3.8, 4) is 0 Å². The van der Waals surface area contributed by atoms with Crippen LogP contribution in [0.25, 0.3) is 11.0 Å². The number of aromatic nitrogens is 2. The van der Waals surface area contributed by atoms with Gasteiger partial charge in [0.2, 0.25) is 0 Å². The van der Waals surface area contributed by atoms with E-state index < -0.39 is 17.2 Å². The molecule has 4 bridgehead atoms. The standard InChI is InChI=1S/C27H35N3O3.K/c1-16-9-17-11-18(10-16)13-21(12-17)29-19-5-4-6-20(29)15-22(14-19)30-24-8-3-2-7-23(24)28-25(26(30)31)27(32)33;/h2-3,7-8,16-22H,4-6,9-15H2,1H3,(H,32,33);/q;+1/p-1. The summed E-state index contributed by atoms with van der Waals surface area (Å²) in [6.07, 6.45) is 12.3. The van der Waals surface area contributed by atoms with E-state index >= 15 is 0 Å². The number of carbonyl (C=O) groups excluding carboxylic acids is 1. The SMILES string of the molecule is CC1CC2CC(C1)CC(N1C3CCCC1CC(n1c(=O)c(C(=O)[O-])nc4ccccc41)C3)C2.[K+]. The van der Waals surface area contributed by atoms with Crippen molar-refractivity contribution >= 4 is 17.0 Å². The van der Waals surface area contributed by atoms with Crippen molar-refractivity contribution in [1.82, 2.24) is 14.5 Å². The van der Waals surface area contributed by atoms with Gasteiger partial charge in [-0.25, -0.2) is 4.98 Å². The van der Waals surface area contributed by atoms with Crippen molar-refractivity contribution in [2.45, 2.75) is 95.3 Å². The van der Waals surface area contributed by atoms with Crippen LogP contribution in [0.4, 0.5) is 0 Å². The molecule has 4 unspecified atom stereocenters. The van der Waals surface area contributed by atoms with Crippen LogP contribution in [0.1, 0.15) is 87.7 Å². The van der Waals surface area contributed by atoms with Crippen molar-refractivity contribution in [2.24, 2.45) is 17.8 Å². The van der Waals surface area contributed by atoms with E-state index in [-0.39, 0.29) is 57.4 Å². The molecule has 0 spiro atoms. The van der Waals surface area contributed by atoms with E-state index in [2.05, 4.69) is 16.8 Å². The Morgan fingerprint density at radius 3 is 2.21 bits per heavy atom. The zero-order chi connectivity index (χ0) is 22.7. The normalized spacial score (nSPS) is 35.5. The minimum Gasteiger partial charge on any atom is -0.543 e. The fraction of sp³-hybridized carbons (Fsp3) is 0.667. The Labute approximate surface area is 243 Å². The fourth-order valence-electron chi connectivity index (χ4n) is 8.24. The van der Waals surface area contributed by atoms with Gasteiger partial charge >= 0.3 is 51.4 Å². The largest absolute Gasteiger partial charge is 1.00 e. The Morgan fingerprint density at radius 1 is 0.912 bits per heavy atom. The average Bonchev–Trinajstić information content (AvgIpc) is 2.77. The molecule has 0 amide bonds. The summed E-state index contributed by atoms with van der Waals surface area (Å²) in [5, 5.41) is 11.7. The zero-order valence-corrected chi connectivity index (χ0v) is 23.6. The quantitative estimate of drug-likeness (QED) is 0.591. The van der Waals surface area contributed by atoms with Crippen LogP contribution < -0.4 is 62.1 Å². The molecular weight excluding hydrogens is 453 g/mol. The topological polar surface area (TPSA) is 78.3 Å². The molecule has 1 aromatic heterocycles. The van der Waals surface area contributed by atoms with Crippen molar-refractivity contribution in [3.05, 3.63) is 40.3 Å². The predicted molar refractivity (Wildman–Crippen MR) is 125 cm³/mol. The van der Waals surface area contributed by atoms with Crippen molar-refractivity contribution in [2.75, 3.05) is 0 Å². The van der Waals surface area contributed by atoms with Crippen molar-refractivity contribution in [1.29, 1.82) is 0 Å². The summed E-state index contributed by atoms with van der Waals surface area (Å²) in [7, 11) is 0. The predicted octanol–water partition coefficient (Wildman–Crippen LogP) is 0.537. The molecule has 4 fully saturated rings. The van der Waals surface area contributed by atoms with Crippen LogP contribution in [0.2, 0.25) is 0 Å². The number of aromatic carboxylic acids is 1. The number of piperidine rings is 2. The molecule has 176 valence electrons. The van der Waals surface area contributed by atoms with Crippen LogP contribution in [0.5, 0.6) is 0 Å². The monoisotopic (exact) mass is 487 g/mol. The molecule has 6 rings (SSSR count).